The summed E-state index contributed by atoms with van der Waals surface area (Å²) in [7, 11) is 0. The number of halogens is 3. The molecule has 1 aliphatic carbocycles. The van der Waals surface area contributed by atoms with Crippen LogP contribution in [0.3, 0.4) is 0 Å². The minimum absolute atomic E-state index is 0.0356. The van der Waals surface area contributed by atoms with E-state index in [1.165, 1.54) is 0 Å². The molecule has 10 heteroatoms. The first-order valence-electron chi connectivity index (χ1n) is 9.85. The topological polar surface area (TPSA) is 86.1 Å². The lowest BCUT2D eigenvalue weighted by molar-refractivity contribution is -0.141. The molecule has 4 rings (SSSR count). The molecule has 3 heterocycles. The van der Waals surface area contributed by atoms with E-state index in [0.717, 1.165) is 29.6 Å². The molecule has 0 unspecified atom stereocenters. The van der Waals surface area contributed by atoms with E-state index >= 15 is 0 Å². The van der Waals surface area contributed by atoms with Crippen LogP contribution in [0.5, 0.6) is 0 Å². The van der Waals surface area contributed by atoms with Gasteiger partial charge in [0.25, 0.3) is 11.5 Å². The minimum atomic E-state index is -4.54. The predicted octanol–water partition coefficient (Wildman–Crippen LogP) is 2.64. The Hall–Kier alpha value is -2.75. The van der Waals surface area contributed by atoms with E-state index < -0.39 is 17.8 Å². The number of pyridine rings is 1. The molecule has 1 N–H and O–H groups in total. The molecule has 160 valence electrons. The van der Waals surface area contributed by atoms with Gasteiger partial charge in [-0.15, -0.1) is 0 Å². The Bertz CT molecular complexity index is 980. The maximum absolute atomic E-state index is 12.6. The summed E-state index contributed by atoms with van der Waals surface area (Å²) in [5.41, 5.74) is 0.635. The third kappa shape index (κ3) is 4.38. The van der Waals surface area contributed by atoms with E-state index in [1.807, 2.05) is 0 Å². The molecule has 0 saturated heterocycles. The average Bonchev–Trinajstić information content (AvgIpc) is 2.73. The van der Waals surface area contributed by atoms with Crippen LogP contribution in [0.1, 0.15) is 59.0 Å². The lowest BCUT2D eigenvalue weighted by Crippen LogP contribution is -2.40. The second-order valence-corrected chi connectivity index (χ2v) is 7.61. The molecule has 1 amide bonds. The summed E-state index contributed by atoms with van der Waals surface area (Å²) in [6, 6.07) is 3.36. The van der Waals surface area contributed by atoms with E-state index in [-0.39, 0.29) is 23.2 Å². The van der Waals surface area contributed by atoms with Gasteiger partial charge in [0.05, 0.1) is 30.5 Å². The van der Waals surface area contributed by atoms with Gasteiger partial charge < -0.3 is 10.1 Å². The number of fused-ring (bicyclic) bond motifs is 1. The highest BCUT2D eigenvalue weighted by molar-refractivity contribution is 5.94. The highest BCUT2D eigenvalue weighted by Crippen LogP contribution is 2.29. The molecular weight excluding hydrogens is 401 g/mol. The van der Waals surface area contributed by atoms with Crippen molar-refractivity contribution in [1.82, 2.24) is 20.1 Å². The molecule has 7 nitrogen and oxygen atoms in total. The Balaban J connectivity index is 1.36. The van der Waals surface area contributed by atoms with Crippen molar-refractivity contribution in [1.29, 1.82) is 0 Å². The highest BCUT2D eigenvalue weighted by Gasteiger charge is 2.32. The maximum Gasteiger partial charge on any atom is 0.433 e. The van der Waals surface area contributed by atoms with Crippen molar-refractivity contribution in [3.63, 3.8) is 0 Å². The van der Waals surface area contributed by atoms with E-state index in [9.17, 15) is 22.8 Å². The lowest BCUT2D eigenvalue weighted by atomic mass is 9.91. The largest absolute Gasteiger partial charge is 0.433 e. The zero-order chi connectivity index (χ0) is 21.3. The SMILES string of the molecule is O=C(NC1CCC(n2nc3c(cc2=O)COCC3)CC1)c1ccc(C(F)(F)F)nc1. The number of aromatic nitrogens is 3. The first-order chi connectivity index (χ1) is 14.3. The smallest absolute Gasteiger partial charge is 0.376 e. The van der Waals surface area contributed by atoms with E-state index in [2.05, 4.69) is 15.4 Å². The highest BCUT2D eigenvalue weighted by atomic mass is 19.4. The summed E-state index contributed by atoms with van der Waals surface area (Å²) in [5, 5.41) is 7.38. The monoisotopic (exact) mass is 422 g/mol. The second-order valence-electron chi connectivity index (χ2n) is 7.61. The summed E-state index contributed by atoms with van der Waals surface area (Å²) >= 11 is 0. The first kappa shape index (κ1) is 20.5. The lowest BCUT2D eigenvalue weighted by Gasteiger charge is -2.30. The van der Waals surface area contributed by atoms with E-state index in [1.54, 1.807) is 10.7 Å². The maximum atomic E-state index is 12.6. The van der Waals surface area contributed by atoms with E-state index in [4.69, 9.17) is 4.74 Å². The molecule has 1 saturated carbocycles. The van der Waals surface area contributed by atoms with Crippen molar-refractivity contribution in [2.75, 3.05) is 6.61 Å². The van der Waals surface area contributed by atoms with Gasteiger partial charge in [0.1, 0.15) is 5.69 Å². The molecule has 1 aliphatic heterocycles. The Morgan fingerprint density at radius 2 is 1.97 bits per heavy atom. The Morgan fingerprint density at radius 1 is 1.20 bits per heavy atom. The number of hydrogen-bond acceptors (Lipinski definition) is 5. The number of alkyl halides is 3. The fraction of sp³-hybridized carbons (Fsp3) is 0.500. The van der Waals surface area contributed by atoms with Gasteiger partial charge in [0.2, 0.25) is 0 Å². The molecule has 2 aromatic rings. The number of rotatable bonds is 3. The number of hydrogen-bond donors (Lipinski definition) is 1. The third-order valence-electron chi connectivity index (χ3n) is 5.56. The van der Waals surface area contributed by atoms with Crippen molar-refractivity contribution in [2.45, 2.75) is 57.0 Å². The van der Waals surface area contributed by atoms with Crippen molar-refractivity contribution in [3.8, 4) is 0 Å². The van der Waals surface area contributed by atoms with Gasteiger partial charge in [-0.3, -0.25) is 14.6 Å². The number of carbonyl (C=O) groups excluding carboxylic acids is 1. The number of amides is 1. The molecule has 1 fully saturated rings. The molecule has 0 bridgehead atoms. The van der Waals surface area contributed by atoms with Crippen LogP contribution in [0.25, 0.3) is 0 Å². The molecule has 0 radical (unpaired) electrons. The molecule has 0 aromatic carbocycles. The number of carbonyl (C=O) groups is 1. The van der Waals surface area contributed by atoms with Crippen molar-refractivity contribution in [2.24, 2.45) is 0 Å². The molecule has 2 aliphatic rings. The second kappa shape index (κ2) is 8.17. The van der Waals surface area contributed by atoms with Crippen LogP contribution < -0.4 is 10.9 Å². The van der Waals surface area contributed by atoms with Crippen LogP contribution in [0.4, 0.5) is 13.2 Å². The van der Waals surface area contributed by atoms with Crippen molar-refractivity contribution in [3.05, 3.63) is 57.3 Å². The van der Waals surface area contributed by atoms with Gasteiger partial charge in [-0.2, -0.15) is 18.3 Å². The summed E-state index contributed by atoms with van der Waals surface area (Å²) in [6.07, 6.45) is -0.260. The summed E-state index contributed by atoms with van der Waals surface area (Å²) < 4.78 is 44.7. The normalized spacial score (nSPS) is 21.7. The molecule has 0 atom stereocenters. The Labute approximate surface area is 170 Å². The Morgan fingerprint density at radius 3 is 2.63 bits per heavy atom. The van der Waals surface area contributed by atoms with Crippen LogP contribution in [-0.4, -0.2) is 33.3 Å². The molecule has 30 heavy (non-hydrogen) atoms. The van der Waals surface area contributed by atoms with Crippen LogP contribution in [0.15, 0.2) is 29.2 Å². The quantitative estimate of drug-likeness (QED) is 0.822. The van der Waals surface area contributed by atoms with Gasteiger partial charge in [-0.1, -0.05) is 0 Å². The number of nitrogens with zero attached hydrogens (tertiary/aromatic N) is 3. The number of nitrogens with one attached hydrogen (secondary N) is 1. The van der Waals surface area contributed by atoms with Crippen molar-refractivity contribution >= 4 is 5.91 Å². The fourth-order valence-electron chi connectivity index (χ4n) is 3.92. The van der Waals surface area contributed by atoms with Crippen molar-refractivity contribution < 1.29 is 22.7 Å². The van der Waals surface area contributed by atoms with Crippen LogP contribution in [0.2, 0.25) is 0 Å². The van der Waals surface area contributed by atoms with E-state index in [0.29, 0.717) is 45.3 Å². The average molecular weight is 422 g/mol. The fourth-order valence-corrected chi connectivity index (χ4v) is 3.92. The van der Waals surface area contributed by atoms with Crippen LogP contribution in [0, 0.1) is 0 Å². The first-order valence-corrected chi connectivity index (χ1v) is 9.85. The standard InChI is InChI=1S/C20H21F3N4O3/c21-20(22,23)17-6-1-12(10-24-17)19(29)25-14-2-4-15(5-3-14)27-18(28)9-13-11-30-8-7-16(13)26-27/h1,6,9-10,14-15H,2-5,7-8,11H2,(H,25,29). The minimum Gasteiger partial charge on any atom is -0.376 e. The van der Waals surface area contributed by atoms with Gasteiger partial charge in [-0.05, 0) is 37.8 Å². The van der Waals surface area contributed by atoms with Gasteiger partial charge in [0, 0.05) is 30.3 Å². The van der Waals surface area contributed by atoms with Gasteiger partial charge >= 0.3 is 6.18 Å². The molecule has 0 spiro atoms. The Kier molecular flexibility index (Phi) is 5.59. The van der Waals surface area contributed by atoms with Crippen LogP contribution >= 0.6 is 0 Å². The van der Waals surface area contributed by atoms with Crippen LogP contribution in [-0.2, 0) is 23.9 Å². The molecular formula is C20H21F3N4O3. The summed E-state index contributed by atoms with van der Waals surface area (Å²) in [4.78, 5) is 28.1. The van der Waals surface area contributed by atoms with Gasteiger partial charge in [0.15, 0.2) is 0 Å². The third-order valence-corrected chi connectivity index (χ3v) is 5.56. The van der Waals surface area contributed by atoms with Gasteiger partial charge in [-0.25, -0.2) is 4.68 Å². The number of ether oxygens (including phenoxy) is 1. The zero-order valence-corrected chi connectivity index (χ0v) is 16.1. The summed E-state index contributed by atoms with van der Waals surface area (Å²) in [5.74, 6) is -0.455. The summed E-state index contributed by atoms with van der Waals surface area (Å²) in [6.45, 7) is 1.01. The zero-order valence-electron chi connectivity index (χ0n) is 16.1. The molecule has 2 aromatic heterocycles. The predicted molar refractivity (Wildman–Crippen MR) is 99.9 cm³/mol.